The smallest absolute Gasteiger partial charge is 0.228 e. The molecule has 1 amide bonds. The van der Waals surface area contributed by atoms with E-state index in [9.17, 15) is 14.7 Å². The Labute approximate surface area is 123 Å². The summed E-state index contributed by atoms with van der Waals surface area (Å²) in [7, 11) is 1.56. The number of benzene rings is 1. The normalized spacial score (nSPS) is 30.1. The van der Waals surface area contributed by atoms with Crippen LogP contribution in [0.4, 0.5) is 5.69 Å². The summed E-state index contributed by atoms with van der Waals surface area (Å²) in [5, 5.41) is 14.2. The predicted octanol–water partition coefficient (Wildman–Crippen LogP) is 1.05. The van der Waals surface area contributed by atoms with E-state index in [1.807, 2.05) is 0 Å². The molecule has 2 aliphatic rings. The highest BCUT2D eigenvalue weighted by Gasteiger charge is 2.51. The van der Waals surface area contributed by atoms with Crippen molar-refractivity contribution in [3.05, 3.63) is 24.3 Å². The van der Waals surface area contributed by atoms with E-state index >= 15 is 0 Å². The Hall–Kier alpha value is -2.04. The molecular formula is C16H18NO4-. The quantitative estimate of drug-likeness (QED) is 0.898. The van der Waals surface area contributed by atoms with Crippen molar-refractivity contribution in [3.8, 4) is 5.75 Å². The van der Waals surface area contributed by atoms with Crippen LogP contribution >= 0.6 is 0 Å². The Kier molecular flexibility index (Phi) is 3.57. The van der Waals surface area contributed by atoms with Crippen molar-refractivity contribution >= 4 is 17.6 Å². The van der Waals surface area contributed by atoms with Gasteiger partial charge in [0.2, 0.25) is 5.91 Å². The lowest BCUT2D eigenvalue weighted by Gasteiger charge is -2.30. The van der Waals surface area contributed by atoms with Crippen molar-refractivity contribution in [1.82, 2.24) is 0 Å². The molecule has 2 saturated carbocycles. The molecule has 112 valence electrons. The zero-order chi connectivity index (χ0) is 15.0. The van der Waals surface area contributed by atoms with Gasteiger partial charge in [0.15, 0.2) is 0 Å². The molecule has 5 heteroatoms. The first-order chi connectivity index (χ1) is 10.1. The Balaban J connectivity index is 1.76. The molecule has 5 nitrogen and oxygen atoms in total. The van der Waals surface area contributed by atoms with Crippen LogP contribution in [0.5, 0.6) is 5.75 Å². The van der Waals surface area contributed by atoms with Crippen molar-refractivity contribution in [2.45, 2.75) is 19.3 Å². The van der Waals surface area contributed by atoms with Gasteiger partial charge in [-0.05, 0) is 43.2 Å². The van der Waals surface area contributed by atoms with Gasteiger partial charge < -0.3 is 20.0 Å². The number of hydrogen-bond donors (Lipinski definition) is 1. The number of ether oxygens (including phenoxy) is 1. The largest absolute Gasteiger partial charge is 0.550 e. The molecule has 1 N–H and O–H groups in total. The summed E-state index contributed by atoms with van der Waals surface area (Å²) in [6.07, 6.45) is 2.66. The second-order valence-electron chi connectivity index (χ2n) is 5.93. The maximum atomic E-state index is 12.5. The number of nitrogens with one attached hydrogen (secondary N) is 1. The van der Waals surface area contributed by atoms with Gasteiger partial charge in [0, 0.05) is 29.6 Å². The minimum Gasteiger partial charge on any atom is -0.550 e. The molecule has 2 aliphatic carbocycles. The van der Waals surface area contributed by atoms with Crippen LogP contribution in [0.2, 0.25) is 0 Å². The lowest BCUT2D eigenvalue weighted by Crippen LogP contribution is -2.43. The van der Waals surface area contributed by atoms with Crippen LogP contribution < -0.4 is 15.2 Å². The monoisotopic (exact) mass is 288 g/mol. The number of carboxylic acid groups (broad SMARTS) is 1. The number of amides is 1. The van der Waals surface area contributed by atoms with E-state index < -0.39 is 17.8 Å². The van der Waals surface area contributed by atoms with Crippen LogP contribution in [0.3, 0.4) is 0 Å². The van der Waals surface area contributed by atoms with Gasteiger partial charge >= 0.3 is 0 Å². The van der Waals surface area contributed by atoms with Crippen LogP contribution in [0, 0.1) is 23.7 Å². The molecular weight excluding hydrogens is 270 g/mol. The highest BCUT2D eigenvalue weighted by Crippen LogP contribution is 2.52. The van der Waals surface area contributed by atoms with E-state index in [0.717, 1.165) is 19.3 Å². The molecule has 0 spiro atoms. The third-order valence-electron chi connectivity index (χ3n) is 4.83. The van der Waals surface area contributed by atoms with E-state index in [1.165, 1.54) is 0 Å². The minimum absolute atomic E-state index is 0.0982. The lowest BCUT2D eigenvalue weighted by molar-refractivity contribution is -0.314. The Morgan fingerprint density at radius 2 is 1.95 bits per heavy atom. The van der Waals surface area contributed by atoms with Crippen molar-refractivity contribution in [2.24, 2.45) is 23.7 Å². The maximum Gasteiger partial charge on any atom is 0.228 e. The molecule has 2 fully saturated rings. The average Bonchev–Trinajstić information content (AvgIpc) is 3.07. The number of anilines is 1. The fourth-order valence-corrected chi connectivity index (χ4v) is 3.93. The van der Waals surface area contributed by atoms with Gasteiger partial charge in [-0.15, -0.1) is 0 Å². The number of aliphatic carboxylic acids is 1. The van der Waals surface area contributed by atoms with Gasteiger partial charge in [0.05, 0.1) is 7.11 Å². The molecule has 4 atom stereocenters. The second kappa shape index (κ2) is 5.39. The van der Waals surface area contributed by atoms with E-state index in [1.54, 1.807) is 31.4 Å². The Morgan fingerprint density at radius 3 is 2.62 bits per heavy atom. The van der Waals surface area contributed by atoms with Gasteiger partial charge in [-0.1, -0.05) is 6.07 Å². The maximum absolute atomic E-state index is 12.5. The molecule has 0 unspecified atom stereocenters. The van der Waals surface area contributed by atoms with Crippen LogP contribution in [-0.2, 0) is 9.59 Å². The van der Waals surface area contributed by atoms with Gasteiger partial charge in [-0.2, -0.15) is 0 Å². The van der Waals surface area contributed by atoms with Crippen LogP contribution in [0.1, 0.15) is 19.3 Å². The number of carboxylic acids is 1. The fourth-order valence-electron chi connectivity index (χ4n) is 3.93. The summed E-state index contributed by atoms with van der Waals surface area (Å²) in [6, 6.07) is 7.06. The molecule has 0 radical (unpaired) electrons. The standard InChI is InChI=1S/C16H19NO4/c1-21-12-4-2-3-11(8-12)17-15(18)13-9-5-6-10(7-9)14(13)16(19)20/h2-4,8-10,13-14H,5-7H2,1H3,(H,17,18)(H,19,20)/p-1/t9-,10-,13+,14-/m0/s1. The summed E-state index contributed by atoms with van der Waals surface area (Å²) >= 11 is 0. The van der Waals surface area contributed by atoms with Crippen LogP contribution in [-0.4, -0.2) is 19.0 Å². The molecule has 0 aliphatic heterocycles. The first-order valence-corrected chi connectivity index (χ1v) is 7.26. The van der Waals surface area contributed by atoms with Crippen molar-refractivity contribution < 1.29 is 19.4 Å². The highest BCUT2D eigenvalue weighted by molar-refractivity contribution is 5.95. The molecule has 3 rings (SSSR count). The summed E-state index contributed by atoms with van der Waals surface area (Å²) in [4.78, 5) is 23.8. The number of carbonyl (C=O) groups is 2. The van der Waals surface area contributed by atoms with Gasteiger partial charge in [0.25, 0.3) is 0 Å². The molecule has 1 aromatic rings. The molecule has 21 heavy (non-hydrogen) atoms. The number of fused-ring (bicyclic) bond motifs is 2. The molecule has 0 saturated heterocycles. The Morgan fingerprint density at radius 1 is 1.24 bits per heavy atom. The number of rotatable bonds is 4. The summed E-state index contributed by atoms with van der Waals surface area (Å²) in [6.45, 7) is 0. The van der Waals surface area contributed by atoms with Gasteiger partial charge in [-0.25, -0.2) is 0 Å². The Bertz CT molecular complexity index is 571. The van der Waals surface area contributed by atoms with Crippen LogP contribution in [0.15, 0.2) is 24.3 Å². The van der Waals surface area contributed by atoms with E-state index in [-0.39, 0.29) is 17.7 Å². The van der Waals surface area contributed by atoms with Crippen molar-refractivity contribution in [3.63, 3.8) is 0 Å². The second-order valence-corrected chi connectivity index (χ2v) is 5.93. The summed E-state index contributed by atoms with van der Waals surface area (Å²) in [5.74, 6) is -1.51. The lowest BCUT2D eigenvalue weighted by atomic mass is 9.78. The number of methoxy groups -OCH3 is 1. The van der Waals surface area contributed by atoms with Crippen molar-refractivity contribution in [1.29, 1.82) is 0 Å². The summed E-state index contributed by atoms with van der Waals surface area (Å²) in [5.41, 5.74) is 0.624. The van der Waals surface area contributed by atoms with Crippen LogP contribution in [0.25, 0.3) is 0 Å². The zero-order valence-electron chi connectivity index (χ0n) is 11.9. The van der Waals surface area contributed by atoms with E-state index in [4.69, 9.17) is 4.74 Å². The average molecular weight is 288 g/mol. The first-order valence-electron chi connectivity index (χ1n) is 7.26. The number of carbonyl (C=O) groups excluding carboxylic acids is 2. The fraction of sp³-hybridized carbons (Fsp3) is 0.500. The summed E-state index contributed by atoms with van der Waals surface area (Å²) < 4.78 is 5.12. The topological polar surface area (TPSA) is 78.5 Å². The van der Waals surface area contributed by atoms with Gasteiger partial charge in [0.1, 0.15) is 5.75 Å². The molecule has 0 heterocycles. The first kappa shape index (κ1) is 13.9. The zero-order valence-corrected chi connectivity index (χ0v) is 11.9. The molecule has 2 bridgehead atoms. The third-order valence-corrected chi connectivity index (χ3v) is 4.83. The van der Waals surface area contributed by atoms with Gasteiger partial charge in [-0.3, -0.25) is 4.79 Å². The predicted molar refractivity (Wildman–Crippen MR) is 74.4 cm³/mol. The van der Waals surface area contributed by atoms with E-state index in [0.29, 0.717) is 11.4 Å². The molecule has 0 aromatic heterocycles. The highest BCUT2D eigenvalue weighted by atomic mass is 16.5. The third kappa shape index (κ3) is 2.48. The minimum atomic E-state index is -1.09. The van der Waals surface area contributed by atoms with E-state index in [2.05, 4.69) is 5.32 Å². The van der Waals surface area contributed by atoms with Crippen molar-refractivity contribution in [2.75, 3.05) is 12.4 Å². The number of hydrogen-bond acceptors (Lipinski definition) is 4. The molecule has 1 aromatic carbocycles. The SMILES string of the molecule is COc1cccc(NC(=O)[C@@H]2[C@H]3CC[C@@H](C3)[C@@H]2C(=O)[O-])c1.